The van der Waals surface area contributed by atoms with Crippen molar-refractivity contribution in [1.29, 1.82) is 0 Å². The Hall–Kier alpha value is -2.80. The topological polar surface area (TPSA) is 81.9 Å². The van der Waals surface area contributed by atoms with E-state index in [1.54, 1.807) is 17.2 Å². The number of carbonyl (C=O) groups is 1. The zero-order chi connectivity index (χ0) is 17.8. The van der Waals surface area contributed by atoms with Crippen LogP contribution in [0.1, 0.15) is 12.0 Å². The van der Waals surface area contributed by atoms with Crippen molar-refractivity contribution in [3.05, 3.63) is 54.7 Å². The third-order valence-corrected chi connectivity index (χ3v) is 4.83. The number of nitrogens with zero attached hydrogens (tertiary/aromatic N) is 4. The molecule has 0 aliphatic carbocycles. The Balaban J connectivity index is 1.39. The number of hydrogen-bond acceptors (Lipinski definition) is 5. The van der Waals surface area contributed by atoms with Crippen LogP contribution in [0.5, 0.6) is 0 Å². The van der Waals surface area contributed by atoms with Crippen molar-refractivity contribution in [1.82, 2.24) is 25.1 Å². The van der Waals surface area contributed by atoms with Crippen LogP contribution in [0.15, 0.2) is 49.2 Å². The summed E-state index contributed by atoms with van der Waals surface area (Å²) in [6.45, 7) is 1.80. The molecule has 1 amide bonds. The second-order valence-corrected chi connectivity index (χ2v) is 6.61. The van der Waals surface area contributed by atoms with Gasteiger partial charge in [-0.3, -0.25) is 9.78 Å². The molecule has 0 radical (unpaired) electrons. The molecule has 1 aliphatic heterocycles. The quantitative estimate of drug-likeness (QED) is 0.729. The van der Waals surface area contributed by atoms with Crippen molar-refractivity contribution in [2.75, 3.05) is 13.2 Å². The average Bonchev–Trinajstić information content (AvgIpc) is 3.33. The van der Waals surface area contributed by atoms with Crippen LogP contribution in [0, 0.1) is 5.92 Å². The van der Waals surface area contributed by atoms with E-state index in [2.05, 4.69) is 32.6 Å². The Kier molecular flexibility index (Phi) is 4.88. The first-order chi connectivity index (χ1) is 12.8. The van der Waals surface area contributed by atoms with Crippen LogP contribution in [0.3, 0.4) is 0 Å². The van der Waals surface area contributed by atoms with Crippen LogP contribution < -0.4 is 5.32 Å². The van der Waals surface area contributed by atoms with Crippen LogP contribution >= 0.6 is 0 Å². The van der Waals surface area contributed by atoms with E-state index in [4.69, 9.17) is 4.74 Å². The highest BCUT2D eigenvalue weighted by molar-refractivity contribution is 5.81. The number of nitrogens with one attached hydrogen (secondary N) is 1. The molecule has 0 spiro atoms. The molecule has 0 unspecified atom stereocenters. The summed E-state index contributed by atoms with van der Waals surface area (Å²) < 4.78 is 7.45. The minimum Gasteiger partial charge on any atom is -0.379 e. The van der Waals surface area contributed by atoms with Gasteiger partial charge in [-0.1, -0.05) is 18.2 Å². The first-order valence-electron chi connectivity index (χ1n) is 8.82. The third-order valence-electron chi connectivity index (χ3n) is 4.83. The molecule has 2 aromatic heterocycles. The maximum Gasteiger partial charge on any atom is 0.222 e. The molecule has 2 atom stereocenters. The summed E-state index contributed by atoms with van der Waals surface area (Å²) in [4.78, 5) is 16.7. The molecule has 134 valence electrons. The lowest BCUT2D eigenvalue weighted by Crippen LogP contribution is -2.40. The summed E-state index contributed by atoms with van der Waals surface area (Å²) in [6.07, 6.45) is 6.34. The van der Waals surface area contributed by atoms with Gasteiger partial charge in [-0.15, -0.1) is 10.2 Å². The lowest BCUT2D eigenvalue weighted by atomic mass is 9.93. The molecule has 4 rings (SSSR count). The number of aryl methyl sites for hydroxylation is 1. The highest BCUT2D eigenvalue weighted by Gasteiger charge is 2.30. The molecule has 1 fully saturated rings. The molecule has 1 aliphatic rings. The number of pyridine rings is 1. The number of benzene rings is 1. The number of rotatable bonds is 6. The maximum absolute atomic E-state index is 12.3. The molecule has 1 saturated heterocycles. The fraction of sp³-hybridized carbons (Fsp3) is 0.368. The SMILES string of the molecule is O=C(CCn1cnnc1)N[C@H]1COC[C@H]1Cc1ccnc2ccccc12. The summed E-state index contributed by atoms with van der Waals surface area (Å²) in [5.41, 5.74) is 2.24. The minimum absolute atomic E-state index is 0.0267. The van der Waals surface area contributed by atoms with Crippen molar-refractivity contribution in [3.8, 4) is 0 Å². The van der Waals surface area contributed by atoms with E-state index >= 15 is 0 Å². The Bertz CT molecular complexity index is 875. The Labute approximate surface area is 151 Å². The summed E-state index contributed by atoms with van der Waals surface area (Å²) >= 11 is 0. The van der Waals surface area contributed by atoms with Gasteiger partial charge in [0.1, 0.15) is 12.7 Å². The van der Waals surface area contributed by atoms with Gasteiger partial charge in [-0.05, 0) is 24.1 Å². The van der Waals surface area contributed by atoms with Gasteiger partial charge in [0.05, 0.1) is 24.8 Å². The van der Waals surface area contributed by atoms with Gasteiger partial charge in [0.15, 0.2) is 0 Å². The predicted molar refractivity (Wildman–Crippen MR) is 96.3 cm³/mol. The third kappa shape index (κ3) is 3.72. The molecular formula is C19H21N5O2. The van der Waals surface area contributed by atoms with E-state index < -0.39 is 0 Å². The van der Waals surface area contributed by atoms with Crippen LogP contribution in [0.4, 0.5) is 0 Å². The number of fused-ring (bicyclic) bond motifs is 1. The Morgan fingerprint density at radius 1 is 1.19 bits per heavy atom. The molecule has 26 heavy (non-hydrogen) atoms. The molecule has 0 bridgehead atoms. The van der Waals surface area contributed by atoms with Crippen LogP contribution in [0.25, 0.3) is 10.9 Å². The van der Waals surface area contributed by atoms with Gasteiger partial charge in [0.2, 0.25) is 5.91 Å². The fourth-order valence-electron chi connectivity index (χ4n) is 3.42. The van der Waals surface area contributed by atoms with Crippen molar-refractivity contribution in [3.63, 3.8) is 0 Å². The van der Waals surface area contributed by atoms with E-state index in [1.165, 1.54) is 10.9 Å². The Morgan fingerprint density at radius 3 is 2.92 bits per heavy atom. The van der Waals surface area contributed by atoms with Crippen LogP contribution in [-0.2, 0) is 22.5 Å². The molecule has 3 heterocycles. The van der Waals surface area contributed by atoms with Gasteiger partial charge in [-0.25, -0.2) is 0 Å². The van der Waals surface area contributed by atoms with Gasteiger partial charge in [-0.2, -0.15) is 0 Å². The van der Waals surface area contributed by atoms with E-state index in [1.807, 2.05) is 24.4 Å². The minimum atomic E-state index is 0.0267. The van der Waals surface area contributed by atoms with Gasteiger partial charge in [0.25, 0.3) is 0 Å². The summed E-state index contributed by atoms with van der Waals surface area (Å²) in [5.74, 6) is 0.290. The highest BCUT2D eigenvalue weighted by Crippen LogP contribution is 2.24. The van der Waals surface area contributed by atoms with E-state index in [0.29, 0.717) is 26.2 Å². The number of ether oxygens (including phenoxy) is 1. The average molecular weight is 351 g/mol. The Morgan fingerprint density at radius 2 is 2.04 bits per heavy atom. The van der Waals surface area contributed by atoms with Crippen LogP contribution in [-0.4, -0.2) is 44.9 Å². The molecule has 0 saturated carbocycles. The van der Waals surface area contributed by atoms with Crippen LogP contribution in [0.2, 0.25) is 0 Å². The van der Waals surface area contributed by atoms with Crippen molar-refractivity contribution in [2.24, 2.45) is 5.92 Å². The fourth-order valence-corrected chi connectivity index (χ4v) is 3.42. The lowest BCUT2D eigenvalue weighted by Gasteiger charge is -2.20. The summed E-state index contributed by atoms with van der Waals surface area (Å²) in [7, 11) is 0. The zero-order valence-corrected chi connectivity index (χ0v) is 14.4. The van der Waals surface area contributed by atoms with E-state index in [9.17, 15) is 4.79 Å². The largest absolute Gasteiger partial charge is 0.379 e. The number of aromatic nitrogens is 4. The standard InChI is InChI=1S/C19H21N5O2/c25-19(6-8-24-12-21-22-13-24)23-18-11-26-10-15(18)9-14-5-7-20-17-4-2-1-3-16(14)17/h1-5,7,12-13,15,18H,6,8-11H2,(H,23,25)/t15-,18+/m1/s1. The molecule has 7 heteroatoms. The van der Waals surface area contributed by atoms with Crippen molar-refractivity contribution in [2.45, 2.75) is 25.4 Å². The van der Waals surface area contributed by atoms with Crippen molar-refractivity contribution < 1.29 is 9.53 Å². The molecule has 3 aromatic rings. The normalized spacial score (nSPS) is 19.7. The second-order valence-electron chi connectivity index (χ2n) is 6.61. The number of carbonyl (C=O) groups excluding carboxylic acids is 1. The smallest absolute Gasteiger partial charge is 0.222 e. The highest BCUT2D eigenvalue weighted by atomic mass is 16.5. The monoisotopic (exact) mass is 351 g/mol. The maximum atomic E-state index is 12.3. The molecule has 1 aromatic carbocycles. The number of amides is 1. The molecule has 7 nitrogen and oxygen atoms in total. The molecular weight excluding hydrogens is 330 g/mol. The van der Waals surface area contributed by atoms with Gasteiger partial charge < -0.3 is 14.6 Å². The number of hydrogen-bond donors (Lipinski definition) is 1. The van der Waals surface area contributed by atoms with Crippen molar-refractivity contribution >= 4 is 16.8 Å². The predicted octanol–water partition coefficient (Wildman–Crippen LogP) is 1.59. The van der Waals surface area contributed by atoms with Gasteiger partial charge in [0, 0.05) is 30.5 Å². The number of para-hydroxylation sites is 1. The first-order valence-corrected chi connectivity index (χ1v) is 8.82. The lowest BCUT2D eigenvalue weighted by molar-refractivity contribution is -0.122. The first kappa shape index (κ1) is 16.7. The second kappa shape index (κ2) is 7.61. The van der Waals surface area contributed by atoms with Gasteiger partial charge >= 0.3 is 0 Å². The van der Waals surface area contributed by atoms with E-state index in [0.717, 1.165) is 11.9 Å². The molecule has 1 N–H and O–H groups in total. The summed E-state index contributed by atoms with van der Waals surface area (Å²) in [6, 6.07) is 10.2. The van der Waals surface area contributed by atoms with E-state index in [-0.39, 0.29) is 17.9 Å². The summed E-state index contributed by atoms with van der Waals surface area (Å²) in [5, 5.41) is 11.8. The zero-order valence-electron chi connectivity index (χ0n) is 14.4.